The molecule has 0 spiro atoms. The van der Waals surface area contributed by atoms with Gasteiger partial charge in [-0.25, -0.2) is 0 Å². The lowest BCUT2D eigenvalue weighted by Gasteiger charge is -2.20. The molecule has 0 saturated heterocycles. The molecule has 0 radical (unpaired) electrons. The number of nitrogens with one attached hydrogen (secondary N) is 1. The molecule has 1 amide bonds. The summed E-state index contributed by atoms with van der Waals surface area (Å²) >= 11 is 0. The molecule has 0 rings (SSSR count). The Hall–Kier alpha value is -1.66. The standard InChI is InChI=1S/C66H127NO5/c1-3-5-7-9-11-13-15-17-34-38-42-46-50-54-58-64(69)63(62-68)67-65(70)59-55-51-47-43-39-35-32-30-28-26-24-22-20-19-21-23-25-27-29-31-33-37-41-45-49-53-57-61-72-66(71)60-56-52-48-44-40-36-18-16-14-12-10-8-6-4-2/h19-20,54,58,63-64,68-69H,3-18,21-53,55-57,59-62H2,1-2H3,(H,67,70)/b20-19-,58-54+. The van der Waals surface area contributed by atoms with Crippen molar-refractivity contribution >= 4 is 11.9 Å². The van der Waals surface area contributed by atoms with Gasteiger partial charge in [0.2, 0.25) is 5.91 Å². The molecule has 0 aromatic carbocycles. The van der Waals surface area contributed by atoms with E-state index in [4.69, 9.17) is 4.74 Å². The number of aliphatic hydroxyl groups excluding tert-OH is 2. The van der Waals surface area contributed by atoms with E-state index in [2.05, 4.69) is 31.3 Å². The van der Waals surface area contributed by atoms with Crippen molar-refractivity contribution in [3.63, 3.8) is 0 Å². The summed E-state index contributed by atoms with van der Waals surface area (Å²) in [5.41, 5.74) is 0. The van der Waals surface area contributed by atoms with Crippen LogP contribution in [-0.2, 0) is 14.3 Å². The molecule has 72 heavy (non-hydrogen) atoms. The molecule has 2 atom stereocenters. The first kappa shape index (κ1) is 70.3. The molecule has 0 aromatic rings. The zero-order valence-electron chi connectivity index (χ0n) is 48.7. The van der Waals surface area contributed by atoms with E-state index in [1.54, 1.807) is 6.08 Å². The molecule has 0 bridgehead atoms. The third kappa shape index (κ3) is 57.6. The lowest BCUT2D eigenvalue weighted by molar-refractivity contribution is -0.143. The minimum absolute atomic E-state index is 0.0174. The predicted octanol–water partition coefficient (Wildman–Crippen LogP) is 20.6. The molecule has 2 unspecified atom stereocenters. The Labute approximate surface area is 450 Å². The van der Waals surface area contributed by atoms with Crippen LogP contribution in [-0.4, -0.2) is 47.4 Å². The second-order valence-corrected chi connectivity index (χ2v) is 22.5. The zero-order valence-corrected chi connectivity index (χ0v) is 48.7. The summed E-state index contributed by atoms with van der Waals surface area (Å²) in [7, 11) is 0. The molecule has 426 valence electrons. The molecule has 0 aromatic heterocycles. The number of carbonyl (C=O) groups is 2. The van der Waals surface area contributed by atoms with Gasteiger partial charge in [0, 0.05) is 12.8 Å². The molecule has 0 heterocycles. The van der Waals surface area contributed by atoms with Crippen LogP contribution in [0.2, 0.25) is 0 Å². The fourth-order valence-corrected chi connectivity index (χ4v) is 10.2. The average molecular weight is 1010 g/mol. The zero-order chi connectivity index (χ0) is 52.2. The van der Waals surface area contributed by atoms with Crippen molar-refractivity contribution in [2.75, 3.05) is 13.2 Å². The number of amides is 1. The summed E-state index contributed by atoms with van der Waals surface area (Å²) in [5.74, 6) is -0.0499. The van der Waals surface area contributed by atoms with Gasteiger partial charge in [0.25, 0.3) is 0 Å². The first-order valence-corrected chi connectivity index (χ1v) is 32.6. The van der Waals surface area contributed by atoms with E-state index in [0.717, 1.165) is 38.5 Å². The van der Waals surface area contributed by atoms with Gasteiger partial charge in [-0.1, -0.05) is 314 Å². The van der Waals surface area contributed by atoms with Gasteiger partial charge < -0.3 is 20.3 Å². The molecule has 0 aliphatic heterocycles. The number of rotatable bonds is 61. The smallest absolute Gasteiger partial charge is 0.305 e. The third-order valence-electron chi connectivity index (χ3n) is 15.2. The Bertz CT molecular complexity index is 1120. The van der Waals surface area contributed by atoms with Crippen LogP contribution in [0.25, 0.3) is 0 Å². The highest BCUT2D eigenvalue weighted by Crippen LogP contribution is 2.18. The second kappa shape index (κ2) is 61.9. The van der Waals surface area contributed by atoms with Gasteiger partial charge in [-0.15, -0.1) is 0 Å². The Morgan fingerprint density at radius 2 is 0.653 bits per heavy atom. The molecule has 6 heteroatoms. The van der Waals surface area contributed by atoms with E-state index in [1.807, 2.05) is 6.08 Å². The minimum atomic E-state index is -0.844. The molecule has 3 N–H and O–H groups in total. The van der Waals surface area contributed by atoms with Crippen molar-refractivity contribution in [3.8, 4) is 0 Å². The number of hydrogen-bond acceptors (Lipinski definition) is 5. The van der Waals surface area contributed by atoms with Crippen molar-refractivity contribution in [1.29, 1.82) is 0 Å². The average Bonchev–Trinajstić information content (AvgIpc) is 3.38. The van der Waals surface area contributed by atoms with E-state index in [-0.39, 0.29) is 18.5 Å². The Morgan fingerprint density at radius 1 is 0.375 bits per heavy atom. The summed E-state index contributed by atoms with van der Waals surface area (Å²) < 4.78 is 5.49. The van der Waals surface area contributed by atoms with Crippen molar-refractivity contribution in [2.24, 2.45) is 0 Å². The van der Waals surface area contributed by atoms with E-state index in [9.17, 15) is 19.8 Å². The number of carbonyl (C=O) groups excluding carboxylic acids is 2. The maximum absolute atomic E-state index is 12.5. The van der Waals surface area contributed by atoms with Crippen LogP contribution in [0.1, 0.15) is 361 Å². The highest BCUT2D eigenvalue weighted by Gasteiger charge is 2.18. The third-order valence-corrected chi connectivity index (χ3v) is 15.2. The van der Waals surface area contributed by atoms with E-state index >= 15 is 0 Å². The van der Waals surface area contributed by atoms with Crippen LogP contribution in [0.5, 0.6) is 0 Å². The van der Waals surface area contributed by atoms with Crippen LogP contribution in [0.15, 0.2) is 24.3 Å². The molecule has 0 aliphatic carbocycles. The number of allylic oxidation sites excluding steroid dienone is 3. The van der Waals surface area contributed by atoms with Gasteiger partial charge in [-0.2, -0.15) is 0 Å². The van der Waals surface area contributed by atoms with Crippen molar-refractivity contribution in [3.05, 3.63) is 24.3 Å². The first-order valence-electron chi connectivity index (χ1n) is 32.6. The molecule has 0 aliphatic rings. The van der Waals surface area contributed by atoms with Gasteiger partial charge in [0.05, 0.1) is 25.4 Å². The van der Waals surface area contributed by atoms with E-state index in [1.165, 1.54) is 295 Å². The summed E-state index contributed by atoms with van der Waals surface area (Å²) in [4.78, 5) is 24.5. The molecule has 0 saturated carbocycles. The van der Waals surface area contributed by atoms with E-state index in [0.29, 0.717) is 19.4 Å². The van der Waals surface area contributed by atoms with Crippen LogP contribution in [0, 0.1) is 0 Å². The van der Waals surface area contributed by atoms with Crippen molar-refractivity contribution in [2.45, 2.75) is 373 Å². The largest absolute Gasteiger partial charge is 0.466 e. The summed E-state index contributed by atoms with van der Waals surface area (Å²) in [6.45, 7) is 4.93. The van der Waals surface area contributed by atoms with Crippen LogP contribution < -0.4 is 5.32 Å². The van der Waals surface area contributed by atoms with E-state index < -0.39 is 12.1 Å². The molecular weight excluding hydrogens is 887 g/mol. The minimum Gasteiger partial charge on any atom is -0.466 e. The van der Waals surface area contributed by atoms with Gasteiger partial charge >= 0.3 is 5.97 Å². The highest BCUT2D eigenvalue weighted by atomic mass is 16.5. The van der Waals surface area contributed by atoms with Crippen molar-refractivity contribution in [1.82, 2.24) is 5.32 Å². The lowest BCUT2D eigenvalue weighted by Crippen LogP contribution is -2.45. The van der Waals surface area contributed by atoms with Gasteiger partial charge in [-0.05, 0) is 57.8 Å². The number of esters is 1. The predicted molar refractivity (Wildman–Crippen MR) is 315 cm³/mol. The lowest BCUT2D eigenvalue weighted by atomic mass is 10.0. The van der Waals surface area contributed by atoms with Crippen LogP contribution >= 0.6 is 0 Å². The van der Waals surface area contributed by atoms with Crippen LogP contribution in [0.3, 0.4) is 0 Å². The fraction of sp³-hybridized carbons (Fsp3) is 0.909. The topological polar surface area (TPSA) is 95.9 Å². The monoisotopic (exact) mass is 1010 g/mol. The Balaban J connectivity index is 3.38. The summed E-state index contributed by atoms with van der Waals surface area (Å²) in [5, 5.41) is 23.1. The number of unbranched alkanes of at least 4 members (excludes halogenated alkanes) is 48. The molecule has 6 nitrogen and oxygen atoms in total. The highest BCUT2D eigenvalue weighted by molar-refractivity contribution is 5.76. The quantitative estimate of drug-likeness (QED) is 0.0320. The summed E-state index contributed by atoms with van der Waals surface area (Å²) in [6.07, 6.45) is 76.6. The molecule has 0 fully saturated rings. The molecular formula is C66H127NO5. The van der Waals surface area contributed by atoms with Gasteiger partial charge in [0.1, 0.15) is 0 Å². The number of hydrogen-bond donors (Lipinski definition) is 3. The maximum Gasteiger partial charge on any atom is 0.305 e. The number of ether oxygens (including phenoxy) is 1. The second-order valence-electron chi connectivity index (χ2n) is 22.5. The van der Waals surface area contributed by atoms with Crippen molar-refractivity contribution < 1.29 is 24.5 Å². The summed E-state index contributed by atoms with van der Waals surface area (Å²) in [6, 6.07) is -0.627. The Morgan fingerprint density at radius 3 is 0.986 bits per heavy atom. The van der Waals surface area contributed by atoms with Gasteiger partial charge in [-0.3, -0.25) is 9.59 Å². The fourth-order valence-electron chi connectivity index (χ4n) is 10.2. The Kier molecular flexibility index (Phi) is 60.5. The first-order chi connectivity index (χ1) is 35.5. The van der Waals surface area contributed by atoms with Crippen LogP contribution in [0.4, 0.5) is 0 Å². The SMILES string of the molecule is CCCCCCCCCCCCCC/C=C/C(O)C(CO)NC(=O)CCCCCCCCCCCCC/C=C\CCCCCCCCCCCCCCOC(=O)CCCCCCCCCCCCCCCC. The van der Waals surface area contributed by atoms with Gasteiger partial charge in [0.15, 0.2) is 0 Å². The number of aliphatic hydroxyl groups is 2. The normalized spacial score (nSPS) is 12.7. The maximum atomic E-state index is 12.5.